The number of hydrogen-bond donors (Lipinski definition) is 2. The van der Waals surface area contributed by atoms with Crippen molar-refractivity contribution in [2.45, 2.75) is 44.2 Å². The van der Waals surface area contributed by atoms with Gasteiger partial charge in [0.2, 0.25) is 0 Å². The van der Waals surface area contributed by atoms with E-state index in [0.717, 1.165) is 12.3 Å². The van der Waals surface area contributed by atoms with Crippen molar-refractivity contribution in [2.75, 3.05) is 7.05 Å². The summed E-state index contributed by atoms with van der Waals surface area (Å²) in [5.41, 5.74) is 8.83. The largest absolute Gasteiger partial charge is 0.488 e. The van der Waals surface area contributed by atoms with Gasteiger partial charge in [-0.15, -0.1) is 0 Å². The van der Waals surface area contributed by atoms with Crippen molar-refractivity contribution in [2.24, 2.45) is 5.73 Å². The third kappa shape index (κ3) is 3.61. The van der Waals surface area contributed by atoms with E-state index in [1.54, 1.807) is 0 Å². The Morgan fingerprint density at radius 1 is 1.12 bits per heavy atom. The molecule has 0 amide bonds. The molecule has 0 heterocycles. The minimum absolute atomic E-state index is 0.109. The van der Waals surface area contributed by atoms with E-state index in [0.29, 0.717) is 6.42 Å². The summed E-state index contributed by atoms with van der Waals surface area (Å²) >= 11 is 0. The van der Waals surface area contributed by atoms with Crippen LogP contribution in [0.25, 0.3) is 0 Å². The lowest BCUT2D eigenvalue weighted by atomic mass is 10.1. The number of likely N-dealkylation sites (N-methyl/N-ethyl adjacent to an activating group) is 1. The van der Waals surface area contributed by atoms with Crippen LogP contribution in [-0.4, -0.2) is 41.3 Å². The molecule has 2 aromatic carbocycles. The van der Waals surface area contributed by atoms with Gasteiger partial charge < -0.3 is 15.6 Å². The Morgan fingerprint density at radius 2 is 1.79 bits per heavy atom. The second kappa shape index (κ2) is 7.34. The predicted octanol–water partition coefficient (Wildman–Crippen LogP) is 2.33. The van der Waals surface area contributed by atoms with Crippen LogP contribution in [0.3, 0.4) is 0 Å². The molecule has 24 heavy (non-hydrogen) atoms. The van der Waals surface area contributed by atoms with E-state index in [4.69, 9.17) is 10.5 Å². The number of benzene rings is 2. The van der Waals surface area contributed by atoms with Gasteiger partial charge in [0.15, 0.2) is 0 Å². The highest BCUT2D eigenvalue weighted by atomic mass is 16.5. The molecular weight excluding hydrogens is 300 g/mol. The molecule has 4 heteroatoms. The zero-order valence-corrected chi connectivity index (χ0v) is 14.3. The van der Waals surface area contributed by atoms with Crippen LogP contribution in [0.1, 0.15) is 17.5 Å². The van der Waals surface area contributed by atoms with Gasteiger partial charge in [-0.3, -0.25) is 4.90 Å². The molecule has 1 aliphatic carbocycles. The monoisotopic (exact) mass is 326 g/mol. The topological polar surface area (TPSA) is 58.7 Å². The Hall–Kier alpha value is -1.88. The summed E-state index contributed by atoms with van der Waals surface area (Å²) in [6, 6.07) is 17.7. The van der Waals surface area contributed by atoms with E-state index in [-0.39, 0.29) is 18.2 Å². The maximum absolute atomic E-state index is 10.8. The SMILES string of the molecule is Cc1ccccc1CN(C)[C@@H]1[C@@H](O)[C@H](Oc2ccccc2)C[C@H]1N. The van der Waals surface area contributed by atoms with Gasteiger partial charge in [0, 0.05) is 19.0 Å². The van der Waals surface area contributed by atoms with E-state index < -0.39 is 6.10 Å². The summed E-state index contributed by atoms with van der Waals surface area (Å²) in [4.78, 5) is 2.14. The molecule has 0 radical (unpaired) electrons. The van der Waals surface area contributed by atoms with Crippen molar-refractivity contribution in [3.63, 3.8) is 0 Å². The molecule has 0 saturated heterocycles. The summed E-state index contributed by atoms with van der Waals surface area (Å²) in [5, 5.41) is 10.8. The number of nitrogens with zero attached hydrogens (tertiary/aromatic N) is 1. The quantitative estimate of drug-likeness (QED) is 0.885. The van der Waals surface area contributed by atoms with Crippen LogP contribution in [0.15, 0.2) is 54.6 Å². The highest BCUT2D eigenvalue weighted by molar-refractivity contribution is 5.26. The molecule has 0 bridgehead atoms. The molecule has 1 saturated carbocycles. The Morgan fingerprint density at radius 3 is 2.50 bits per heavy atom. The molecule has 1 aliphatic rings. The first-order chi connectivity index (χ1) is 11.6. The third-order valence-corrected chi connectivity index (χ3v) is 4.89. The third-order valence-electron chi connectivity index (χ3n) is 4.89. The average molecular weight is 326 g/mol. The standard InChI is InChI=1S/C20H26N2O2/c1-14-8-6-7-9-15(14)13-22(2)19-17(21)12-18(20(19)23)24-16-10-4-3-5-11-16/h3-11,17-20,23H,12-13,21H2,1-2H3/t17-,18-,19+,20+/m1/s1. The number of aryl methyl sites for hydroxylation is 1. The molecule has 0 aliphatic heterocycles. The number of ether oxygens (including phenoxy) is 1. The van der Waals surface area contributed by atoms with Crippen LogP contribution < -0.4 is 10.5 Å². The number of nitrogens with two attached hydrogens (primary N) is 1. The van der Waals surface area contributed by atoms with E-state index in [1.165, 1.54) is 11.1 Å². The summed E-state index contributed by atoms with van der Waals surface area (Å²) < 4.78 is 5.96. The number of aliphatic hydroxyl groups is 1. The van der Waals surface area contributed by atoms with E-state index in [2.05, 4.69) is 24.0 Å². The maximum Gasteiger partial charge on any atom is 0.128 e. The fraction of sp³-hybridized carbons (Fsp3) is 0.400. The maximum atomic E-state index is 10.8. The smallest absolute Gasteiger partial charge is 0.128 e. The van der Waals surface area contributed by atoms with Gasteiger partial charge in [-0.05, 0) is 37.2 Å². The van der Waals surface area contributed by atoms with Crippen molar-refractivity contribution >= 4 is 0 Å². The van der Waals surface area contributed by atoms with Crippen LogP contribution in [0.4, 0.5) is 0 Å². The fourth-order valence-electron chi connectivity index (χ4n) is 3.56. The Kier molecular flexibility index (Phi) is 5.19. The zero-order valence-electron chi connectivity index (χ0n) is 14.3. The summed E-state index contributed by atoms with van der Waals surface area (Å²) in [6.07, 6.45) is -0.222. The normalized spacial score (nSPS) is 26.7. The molecule has 1 fully saturated rings. The highest BCUT2D eigenvalue weighted by Gasteiger charge is 2.44. The van der Waals surface area contributed by atoms with Gasteiger partial charge in [0.1, 0.15) is 18.0 Å². The first kappa shape index (κ1) is 17.0. The first-order valence-electron chi connectivity index (χ1n) is 8.46. The molecule has 0 aromatic heterocycles. The van der Waals surface area contributed by atoms with Crippen LogP contribution in [0.5, 0.6) is 5.75 Å². The second-order valence-electron chi connectivity index (χ2n) is 6.69. The lowest BCUT2D eigenvalue weighted by molar-refractivity contribution is 0.0137. The van der Waals surface area contributed by atoms with Crippen LogP contribution in [-0.2, 0) is 6.54 Å². The predicted molar refractivity (Wildman–Crippen MR) is 95.9 cm³/mol. The van der Waals surface area contributed by atoms with Crippen LogP contribution in [0, 0.1) is 6.92 Å². The molecular formula is C20H26N2O2. The number of hydrogen-bond acceptors (Lipinski definition) is 4. The zero-order chi connectivity index (χ0) is 17.1. The lowest BCUT2D eigenvalue weighted by Crippen LogP contribution is -2.48. The number of aliphatic hydroxyl groups excluding tert-OH is 1. The van der Waals surface area contributed by atoms with Gasteiger partial charge in [0.25, 0.3) is 0 Å². The van der Waals surface area contributed by atoms with Crippen LogP contribution in [0.2, 0.25) is 0 Å². The first-order valence-corrected chi connectivity index (χ1v) is 8.46. The fourth-order valence-corrected chi connectivity index (χ4v) is 3.56. The van der Waals surface area contributed by atoms with Crippen molar-refractivity contribution in [3.8, 4) is 5.75 Å². The molecule has 3 rings (SSSR count). The van der Waals surface area contributed by atoms with Crippen molar-refractivity contribution in [3.05, 3.63) is 65.7 Å². The minimum atomic E-state index is -0.603. The van der Waals surface area contributed by atoms with E-state index >= 15 is 0 Å². The molecule has 0 spiro atoms. The van der Waals surface area contributed by atoms with Gasteiger partial charge >= 0.3 is 0 Å². The summed E-state index contributed by atoms with van der Waals surface area (Å²) in [7, 11) is 2.02. The Labute approximate surface area is 143 Å². The van der Waals surface area contributed by atoms with Crippen molar-refractivity contribution < 1.29 is 9.84 Å². The molecule has 2 aromatic rings. The van der Waals surface area contributed by atoms with Gasteiger partial charge in [-0.25, -0.2) is 0 Å². The molecule has 4 nitrogen and oxygen atoms in total. The summed E-state index contributed by atoms with van der Waals surface area (Å²) in [5.74, 6) is 0.774. The number of para-hydroxylation sites is 1. The molecule has 128 valence electrons. The van der Waals surface area contributed by atoms with Gasteiger partial charge in [-0.1, -0.05) is 42.5 Å². The molecule has 0 unspecified atom stereocenters. The summed E-state index contributed by atoms with van der Waals surface area (Å²) in [6.45, 7) is 2.87. The lowest BCUT2D eigenvalue weighted by Gasteiger charge is -2.31. The second-order valence-corrected chi connectivity index (χ2v) is 6.69. The highest BCUT2D eigenvalue weighted by Crippen LogP contribution is 2.28. The molecule has 3 N–H and O–H groups in total. The number of rotatable bonds is 5. The van der Waals surface area contributed by atoms with E-state index in [1.807, 2.05) is 49.5 Å². The van der Waals surface area contributed by atoms with Gasteiger partial charge in [-0.2, -0.15) is 0 Å². The van der Waals surface area contributed by atoms with Crippen molar-refractivity contribution in [1.29, 1.82) is 0 Å². The van der Waals surface area contributed by atoms with Crippen LogP contribution >= 0.6 is 0 Å². The Bertz CT molecular complexity index is 662. The Balaban J connectivity index is 1.68. The molecule has 4 atom stereocenters. The van der Waals surface area contributed by atoms with Crippen molar-refractivity contribution in [1.82, 2.24) is 4.90 Å². The van der Waals surface area contributed by atoms with E-state index in [9.17, 15) is 5.11 Å². The van der Waals surface area contributed by atoms with Gasteiger partial charge in [0.05, 0.1) is 6.04 Å². The average Bonchev–Trinajstić information content (AvgIpc) is 2.84. The minimum Gasteiger partial charge on any atom is -0.488 e.